The van der Waals surface area contributed by atoms with Gasteiger partial charge in [-0.1, -0.05) is 6.92 Å². The van der Waals surface area contributed by atoms with Gasteiger partial charge in [-0.05, 0) is 49.1 Å². The Morgan fingerprint density at radius 3 is 2.62 bits per heavy atom. The molecule has 7 heteroatoms. The molecule has 7 nitrogen and oxygen atoms in total. The molecule has 1 aromatic heterocycles. The number of amides is 1. The van der Waals surface area contributed by atoms with Gasteiger partial charge in [0.1, 0.15) is 11.9 Å². The summed E-state index contributed by atoms with van der Waals surface area (Å²) in [5.41, 5.74) is 3.82. The van der Waals surface area contributed by atoms with Crippen molar-refractivity contribution >= 4 is 23.1 Å². The van der Waals surface area contributed by atoms with Gasteiger partial charge >= 0.3 is 0 Å². The molecule has 0 bridgehead atoms. The summed E-state index contributed by atoms with van der Waals surface area (Å²) < 4.78 is 5.53. The topological polar surface area (TPSA) is 81.5 Å². The SMILES string of the molecule is CC(=O)N1c2ccc(N3CCOCC3)cc2[C@H](Nc2ccc(C#N)cn2)[C@@H](C)[C@H]1C1CC1. The largest absolute Gasteiger partial charge is 0.378 e. The molecule has 2 fully saturated rings. The highest BCUT2D eigenvalue weighted by molar-refractivity contribution is 5.94. The highest BCUT2D eigenvalue weighted by Crippen LogP contribution is 2.50. The van der Waals surface area contributed by atoms with Crippen molar-refractivity contribution < 1.29 is 9.53 Å². The van der Waals surface area contributed by atoms with E-state index in [1.165, 1.54) is 12.8 Å². The lowest BCUT2D eigenvalue weighted by Crippen LogP contribution is -2.51. The molecular formula is C25H29N5O2. The lowest BCUT2D eigenvalue weighted by Gasteiger charge is -2.46. The third kappa shape index (κ3) is 3.80. The number of nitriles is 1. The molecule has 0 radical (unpaired) electrons. The molecule has 1 N–H and O–H groups in total. The van der Waals surface area contributed by atoms with Crippen LogP contribution in [-0.4, -0.2) is 43.2 Å². The average Bonchev–Trinajstić information content (AvgIpc) is 3.66. The summed E-state index contributed by atoms with van der Waals surface area (Å²) in [5, 5.41) is 12.7. The van der Waals surface area contributed by atoms with Crippen molar-refractivity contribution in [1.82, 2.24) is 4.98 Å². The summed E-state index contributed by atoms with van der Waals surface area (Å²) in [4.78, 5) is 21.6. The van der Waals surface area contributed by atoms with E-state index in [2.05, 4.69) is 46.4 Å². The number of nitrogens with zero attached hydrogens (tertiary/aromatic N) is 4. The summed E-state index contributed by atoms with van der Waals surface area (Å²) in [5.74, 6) is 1.61. The highest BCUT2D eigenvalue weighted by atomic mass is 16.5. The van der Waals surface area contributed by atoms with E-state index in [4.69, 9.17) is 10.00 Å². The van der Waals surface area contributed by atoms with Crippen LogP contribution in [0.2, 0.25) is 0 Å². The van der Waals surface area contributed by atoms with Crippen LogP contribution in [0.15, 0.2) is 36.5 Å². The fourth-order valence-electron chi connectivity index (χ4n) is 5.28. The molecule has 1 saturated heterocycles. The van der Waals surface area contributed by atoms with Gasteiger partial charge in [-0.15, -0.1) is 0 Å². The standard InChI is InChI=1S/C25H29N5O2/c1-16-24(28-23-8-3-18(14-26)15-27-23)21-13-20(29-9-11-32-12-10-29)6-7-22(21)30(17(2)31)25(16)19-4-5-19/h3,6-8,13,15-16,19,24-25H,4-5,9-12H2,1-2H3,(H,27,28)/t16-,24-,25+/m1/s1. The zero-order valence-corrected chi connectivity index (χ0v) is 18.6. The first-order valence-electron chi connectivity index (χ1n) is 11.5. The van der Waals surface area contributed by atoms with Gasteiger partial charge < -0.3 is 19.9 Å². The Balaban J connectivity index is 1.56. The van der Waals surface area contributed by atoms with Crippen molar-refractivity contribution in [1.29, 1.82) is 5.26 Å². The molecule has 32 heavy (non-hydrogen) atoms. The third-order valence-corrected chi connectivity index (χ3v) is 6.98. The molecule has 0 spiro atoms. The molecule has 2 aliphatic heterocycles. The Bertz CT molecular complexity index is 1040. The summed E-state index contributed by atoms with van der Waals surface area (Å²) in [6.45, 7) is 7.11. The number of carbonyl (C=O) groups excluding carboxylic acids is 1. The lowest BCUT2D eigenvalue weighted by atomic mass is 9.79. The Hall–Kier alpha value is -3.11. The second-order valence-electron chi connectivity index (χ2n) is 9.08. The van der Waals surface area contributed by atoms with Crippen LogP contribution in [0, 0.1) is 23.2 Å². The Kier molecular flexibility index (Phi) is 5.48. The number of nitrogens with one attached hydrogen (secondary N) is 1. The number of hydrogen-bond acceptors (Lipinski definition) is 6. The number of carbonyl (C=O) groups is 1. The van der Waals surface area contributed by atoms with Crippen LogP contribution < -0.4 is 15.1 Å². The van der Waals surface area contributed by atoms with Gasteiger partial charge in [0.2, 0.25) is 5.91 Å². The summed E-state index contributed by atoms with van der Waals surface area (Å²) >= 11 is 0. The van der Waals surface area contributed by atoms with Crippen molar-refractivity contribution in [2.45, 2.75) is 38.8 Å². The number of rotatable bonds is 4. The molecule has 1 amide bonds. The number of pyridine rings is 1. The van der Waals surface area contributed by atoms with Crippen LogP contribution in [0.25, 0.3) is 0 Å². The fraction of sp³-hybridized carbons (Fsp3) is 0.480. The predicted octanol–water partition coefficient (Wildman–Crippen LogP) is 3.72. The predicted molar refractivity (Wildman–Crippen MR) is 124 cm³/mol. The van der Waals surface area contributed by atoms with Crippen molar-refractivity contribution in [2.24, 2.45) is 11.8 Å². The van der Waals surface area contributed by atoms with Crippen molar-refractivity contribution in [3.05, 3.63) is 47.7 Å². The zero-order chi connectivity index (χ0) is 22.2. The van der Waals surface area contributed by atoms with Gasteiger partial charge in [-0.3, -0.25) is 4.79 Å². The van der Waals surface area contributed by atoms with E-state index in [-0.39, 0.29) is 23.9 Å². The van der Waals surface area contributed by atoms with Gasteiger partial charge in [0, 0.05) is 55.1 Å². The Morgan fingerprint density at radius 1 is 1.22 bits per heavy atom. The molecule has 166 valence electrons. The summed E-state index contributed by atoms with van der Waals surface area (Å²) in [7, 11) is 0. The first kappa shape index (κ1) is 20.8. The maximum absolute atomic E-state index is 12.8. The third-order valence-electron chi connectivity index (χ3n) is 6.98. The molecule has 3 atom stereocenters. The number of fused-ring (bicyclic) bond motifs is 1. The first-order valence-corrected chi connectivity index (χ1v) is 11.5. The maximum Gasteiger partial charge on any atom is 0.224 e. The molecule has 3 heterocycles. The molecule has 5 rings (SSSR count). The number of anilines is 3. The van der Waals surface area contributed by atoms with Crippen LogP contribution >= 0.6 is 0 Å². The van der Waals surface area contributed by atoms with Gasteiger partial charge in [0.15, 0.2) is 0 Å². The monoisotopic (exact) mass is 431 g/mol. The molecule has 2 aromatic rings. The minimum atomic E-state index is 0.0210. The maximum atomic E-state index is 12.8. The average molecular weight is 432 g/mol. The van der Waals surface area contributed by atoms with Crippen LogP contribution in [-0.2, 0) is 9.53 Å². The molecule has 3 aliphatic rings. The van der Waals surface area contributed by atoms with Crippen molar-refractivity contribution in [3.63, 3.8) is 0 Å². The number of morpholine rings is 1. The van der Waals surface area contributed by atoms with Gasteiger partial charge in [0.05, 0.1) is 24.8 Å². The zero-order valence-electron chi connectivity index (χ0n) is 18.6. The van der Waals surface area contributed by atoms with E-state index in [1.807, 2.05) is 11.0 Å². The Labute approximate surface area is 189 Å². The number of benzene rings is 1. The van der Waals surface area contributed by atoms with Crippen LogP contribution in [0.5, 0.6) is 0 Å². The Morgan fingerprint density at radius 2 is 2.00 bits per heavy atom. The first-order chi connectivity index (χ1) is 15.6. The van der Waals surface area contributed by atoms with Crippen molar-refractivity contribution in [3.8, 4) is 6.07 Å². The van der Waals surface area contributed by atoms with E-state index in [0.29, 0.717) is 11.5 Å². The van der Waals surface area contributed by atoms with Gasteiger partial charge in [-0.2, -0.15) is 5.26 Å². The molecule has 1 aromatic carbocycles. The number of aromatic nitrogens is 1. The van der Waals surface area contributed by atoms with E-state index >= 15 is 0 Å². The highest BCUT2D eigenvalue weighted by Gasteiger charge is 2.47. The molecule has 0 unspecified atom stereocenters. The second kappa shape index (κ2) is 8.44. The van der Waals surface area contributed by atoms with Crippen LogP contribution in [0.3, 0.4) is 0 Å². The van der Waals surface area contributed by atoms with E-state index in [0.717, 1.165) is 49.1 Å². The normalized spacial score (nSPS) is 25.1. The van der Waals surface area contributed by atoms with Gasteiger partial charge in [-0.25, -0.2) is 4.98 Å². The second-order valence-corrected chi connectivity index (χ2v) is 9.08. The van der Waals surface area contributed by atoms with E-state index in [9.17, 15) is 4.79 Å². The fourth-order valence-corrected chi connectivity index (χ4v) is 5.28. The summed E-state index contributed by atoms with van der Waals surface area (Å²) in [6, 6.07) is 12.4. The van der Waals surface area contributed by atoms with Gasteiger partial charge in [0.25, 0.3) is 0 Å². The smallest absolute Gasteiger partial charge is 0.224 e. The lowest BCUT2D eigenvalue weighted by molar-refractivity contribution is -0.117. The van der Waals surface area contributed by atoms with Crippen molar-refractivity contribution in [2.75, 3.05) is 41.4 Å². The summed E-state index contributed by atoms with van der Waals surface area (Å²) in [6.07, 6.45) is 3.94. The molecule has 1 aliphatic carbocycles. The molecular weight excluding hydrogens is 402 g/mol. The number of hydrogen-bond donors (Lipinski definition) is 1. The van der Waals surface area contributed by atoms with E-state index in [1.54, 1.807) is 19.2 Å². The quantitative estimate of drug-likeness (QED) is 0.795. The van der Waals surface area contributed by atoms with Crippen LogP contribution in [0.4, 0.5) is 17.2 Å². The van der Waals surface area contributed by atoms with E-state index < -0.39 is 0 Å². The minimum Gasteiger partial charge on any atom is -0.378 e. The molecule has 1 saturated carbocycles. The minimum absolute atomic E-state index is 0.0210. The van der Waals surface area contributed by atoms with Crippen LogP contribution in [0.1, 0.15) is 43.9 Å². The number of ether oxygens (including phenoxy) is 1.